The van der Waals surface area contributed by atoms with Gasteiger partial charge in [-0.15, -0.1) is 0 Å². The minimum absolute atomic E-state index is 0.508. The van der Waals surface area contributed by atoms with Crippen molar-refractivity contribution in [1.29, 1.82) is 0 Å². The Bertz CT molecular complexity index is 302. The number of piperidine rings is 2. The standard InChI is InChI=1S/C20H40N2/c1-17(2)6-11-21-12-7-18(8-13-21)16-22-14-9-19(10-15-22)20(3,4)5/h17-19H,6-16H2,1-5H3. The maximum Gasteiger partial charge on any atom is 0.00106 e. The molecule has 2 aliphatic rings. The first-order valence-electron chi connectivity index (χ1n) is 9.79. The fraction of sp³-hybridized carbons (Fsp3) is 1.00. The Morgan fingerprint density at radius 1 is 0.864 bits per heavy atom. The van der Waals surface area contributed by atoms with Gasteiger partial charge in [0.25, 0.3) is 0 Å². The van der Waals surface area contributed by atoms with Crippen molar-refractivity contribution >= 4 is 0 Å². The molecule has 2 heteroatoms. The third-order valence-electron chi connectivity index (χ3n) is 6.06. The Morgan fingerprint density at radius 2 is 1.41 bits per heavy atom. The maximum absolute atomic E-state index is 2.76. The summed E-state index contributed by atoms with van der Waals surface area (Å²) in [4.78, 5) is 5.46. The van der Waals surface area contributed by atoms with Gasteiger partial charge in [0.1, 0.15) is 0 Å². The lowest BCUT2D eigenvalue weighted by atomic mass is 9.75. The lowest BCUT2D eigenvalue weighted by Crippen LogP contribution is -2.43. The highest BCUT2D eigenvalue weighted by molar-refractivity contribution is 4.82. The fourth-order valence-electron chi connectivity index (χ4n) is 4.18. The Hall–Kier alpha value is -0.0800. The monoisotopic (exact) mass is 308 g/mol. The minimum Gasteiger partial charge on any atom is -0.303 e. The van der Waals surface area contributed by atoms with Crippen LogP contribution in [0.5, 0.6) is 0 Å². The first-order valence-corrected chi connectivity index (χ1v) is 9.79. The van der Waals surface area contributed by atoms with Crippen LogP contribution in [0.15, 0.2) is 0 Å². The predicted molar refractivity (Wildman–Crippen MR) is 97.2 cm³/mol. The normalized spacial score (nSPS) is 24.3. The van der Waals surface area contributed by atoms with Crippen molar-refractivity contribution in [3.63, 3.8) is 0 Å². The van der Waals surface area contributed by atoms with Gasteiger partial charge in [0.2, 0.25) is 0 Å². The second kappa shape index (κ2) is 8.15. The molecule has 0 aromatic rings. The summed E-state index contributed by atoms with van der Waals surface area (Å²) >= 11 is 0. The van der Waals surface area contributed by atoms with Crippen LogP contribution in [0.25, 0.3) is 0 Å². The van der Waals surface area contributed by atoms with E-state index in [4.69, 9.17) is 0 Å². The molecule has 0 aromatic carbocycles. The molecule has 0 saturated carbocycles. The zero-order valence-electron chi connectivity index (χ0n) is 15.9. The molecule has 0 unspecified atom stereocenters. The van der Waals surface area contributed by atoms with Gasteiger partial charge in [-0.3, -0.25) is 0 Å². The molecule has 2 rings (SSSR count). The van der Waals surface area contributed by atoms with Gasteiger partial charge in [-0.2, -0.15) is 0 Å². The summed E-state index contributed by atoms with van der Waals surface area (Å²) in [6, 6.07) is 0. The van der Waals surface area contributed by atoms with Crippen LogP contribution in [0.3, 0.4) is 0 Å². The molecule has 0 aromatic heterocycles. The quantitative estimate of drug-likeness (QED) is 0.737. The molecule has 2 fully saturated rings. The van der Waals surface area contributed by atoms with Gasteiger partial charge in [-0.1, -0.05) is 34.6 Å². The van der Waals surface area contributed by atoms with Crippen LogP contribution in [0.2, 0.25) is 0 Å². The number of nitrogens with zero attached hydrogens (tertiary/aromatic N) is 2. The topological polar surface area (TPSA) is 6.48 Å². The number of rotatable bonds is 5. The lowest BCUT2D eigenvalue weighted by Gasteiger charge is -2.41. The van der Waals surface area contributed by atoms with E-state index in [1.807, 2.05) is 0 Å². The summed E-state index contributed by atoms with van der Waals surface area (Å²) in [6.07, 6.45) is 7.05. The van der Waals surface area contributed by atoms with Gasteiger partial charge in [0, 0.05) is 6.54 Å². The molecule has 0 spiro atoms. The van der Waals surface area contributed by atoms with E-state index in [1.165, 1.54) is 71.4 Å². The Labute approximate surface area is 139 Å². The molecule has 130 valence electrons. The van der Waals surface area contributed by atoms with Crippen LogP contribution in [0.4, 0.5) is 0 Å². The SMILES string of the molecule is CC(C)CCN1CCC(CN2CCC(C(C)(C)C)CC2)CC1. The van der Waals surface area contributed by atoms with Crippen LogP contribution < -0.4 is 0 Å². The summed E-state index contributed by atoms with van der Waals surface area (Å²) in [5.74, 6) is 2.74. The molecular formula is C20H40N2. The van der Waals surface area contributed by atoms with Crippen molar-refractivity contribution < 1.29 is 0 Å². The minimum atomic E-state index is 0.508. The third-order valence-corrected chi connectivity index (χ3v) is 6.06. The molecule has 22 heavy (non-hydrogen) atoms. The zero-order chi connectivity index (χ0) is 16.2. The summed E-state index contributed by atoms with van der Waals surface area (Å²) in [6.45, 7) is 20.0. The van der Waals surface area contributed by atoms with Crippen molar-refractivity contribution in [3.05, 3.63) is 0 Å². The van der Waals surface area contributed by atoms with Crippen LogP contribution in [0.1, 0.15) is 66.7 Å². The van der Waals surface area contributed by atoms with E-state index in [0.29, 0.717) is 5.41 Å². The zero-order valence-corrected chi connectivity index (χ0v) is 15.9. The molecule has 0 amide bonds. The first-order chi connectivity index (χ1) is 10.3. The Kier molecular flexibility index (Phi) is 6.76. The van der Waals surface area contributed by atoms with Crippen molar-refractivity contribution in [2.75, 3.05) is 39.3 Å². The van der Waals surface area contributed by atoms with E-state index in [1.54, 1.807) is 0 Å². The molecule has 0 bridgehead atoms. The van der Waals surface area contributed by atoms with E-state index < -0.39 is 0 Å². The van der Waals surface area contributed by atoms with E-state index in [2.05, 4.69) is 44.4 Å². The molecule has 0 aliphatic carbocycles. The largest absolute Gasteiger partial charge is 0.303 e. The second-order valence-electron chi connectivity index (χ2n) is 9.41. The summed E-state index contributed by atoms with van der Waals surface area (Å²) < 4.78 is 0. The summed E-state index contributed by atoms with van der Waals surface area (Å²) in [5, 5.41) is 0. The van der Waals surface area contributed by atoms with Gasteiger partial charge in [-0.05, 0) is 88.0 Å². The Morgan fingerprint density at radius 3 is 1.91 bits per heavy atom. The van der Waals surface area contributed by atoms with E-state index in [-0.39, 0.29) is 0 Å². The van der Waals surface area contributed by atoms with Gasteiger partial charge in [0.05, 0.1) is 0 Å². The Balaban J connectivity index is 1.63. The first kappa shape index (κ1) is 18.3. The molecule has 0 radical (unpaired) electrons. The summed E-state index contributed by atoms with van der Waals surface area (Å²) in [7, 11) is 0. The number of hydrogen-bond donors (Lipinski definition) is 0. The van der Waals surface area contributed by atoms with Crippen LogP contribution in [0, 0.1) is 23.2 Å². The van der Waals surface area contributed by atoms with Gasteiger partial charge in [-0.25, -0.2) is 0 Å². The molecular weight excluding hydrogens is 268 g/mol. The summed E-state index contributed by atoms with van der Waals surface area (Å²) in [5.41, 5.74) is 0.508. The maximum atomic E-state index is 2.76. The molecule has 0 N–H and O–H groups in total. The molecule has 2 saturated heterocycles. The predicted octanol–water partition coefficient (Wildman–Crippen LogP) is 4.50. The average Bonchev–Trinajstić information content (AvgIpc) is 2.46. The van der Waals surface area contributed by atoms with Gasteiger partial charge in [0.15, 0.2) is 0 Å². The van der Waals surface area contributed by atoms with Gasteiger partial charge >= 0.3 is 0 Å². The van der Waals surface area contributed by atoms with E-state index >= 15 is 0 Å². The van der Waals surface area contributed by atoms with Crippen molar-refractivity contribution in [3.8, 4) is 0 Å². The smallest absolute Gasteiger partial charge is 0.00106 e. The number of hydrogen-bond acceptors (Lipinski definition) is 2. The lowest BCUT2D eigenvalue weighted by molar-refractivity contribution is 0.0839. The highest BCUT2D eigenvalue weighted by Crippen LogP contribution is 2.34. The van der Waals surface area contributed by atoms with E-state index in [0.717, 1.165) is 17.8 Å². The molecule has 2 aliphatic heterocycles. The highest BCUT2D eigenvalue weighted by Gasteiger charge is 2.30. The third kappa shape index (κ3) is 5.85. The molecule has 2 nitrogen and oxygen atoms in total. The van der Waals surface area contributed by atoms with Crippen molar-refractivity contribution in [1.82, 2.24) is 9.80 Å². The fourth-order valence-corrected chi connectivity index (χ4v) is 4.18. The van der Waals surface area contributed by atoms with Crippen LogP contribution >= 0.6 is 0 Å². The van der Waals surface area contributed by atoms with Gasteiger partial charge < -0.3 is 9.80 Å². The van der Waals surface area contributed by atoms with E-state index in [9.17, 15) is 0 Å². The molecule has 2 heterocycles. The second-order valence-corrected chi connectivity index (χ2v) is 9.41. The highest BCUT2D eigenvalue weighted by atomic mass is 15.2. The van der Waals surface area contributed by atoms with Crippen molar-refractivity contribution in [2.24, 2.45) is 23.2 Å². The van der Waals surface area contributed by atoms with Crippen molar-refractivity contribution in [2.45, 2.75) is 66.7 Å². The van der Waals surface area contributed by atoms with Crippen LogP contribution in [-0.4, -0.2) is 49.1 Å². The molecule has 0 atom stereocenters. The van der Waals surface area contributed by atoms with Crippen LogP contribution in [-0.2, 0) is 0 Å². The number of likely N-dealkylation sites (tertiary alicyclic amines) is 2. The average molecular weight is 309 g/mol.